The van der Waals surface area contributed by atoms with Crippen LogP contribution in [0.15, 0.2) is 26.8 Å². The summed E-state index contributed by atoms with van der Waals surface area (Å²) in [5, 5.41) is 5.62. The Morgan fingerprint density at radius 3 is 2.79 bits per heavy atom. The number of hydrogen-bond acceptors (Lipinski definition) is 5. The predicted molar refractivity (Wildman–Crippen MR) is 72.0 cm³/mol. The minimum absolute atomic E-state index is 0.0444. The lowest BCUT2D eigenvalue weighted by molar-refractivity contribution is -0.131. The van der Waals surface area contributed by atoms with E-state index >= 15 is 0 Å². The van der Waals surface area contributed by atoms with Gasteiger partial charge in [-0.25, -0.2) is 9.36 Å². The Kier molecular flexibility index (Phi) is 4.16. The molecule has 0 fully saturated rings. The van der Waals surface area contributed by atoms with Gasteiger partial charge in [-0.2, -0.15) is 0 Å². The first-order chi connectivity index (χ1) is 9.17. The van der Waals surface area contributed by atoms with E-state index < -0.39 is 5.76 Å². The normalized spacial score (nSPS) is 10.6. The molecule has 0 aliphatic rings. The Hall–Kier alpha value is -1.89. The molecule has 0 aliphatic heterocycles. The molecule has 2 aromatic rings. The van der Waals surface area contributed by atoms with Crippen LogP contribution < -0.4 is 5.76 Å². The predicted octanol–water partition coefficient (Wildman–Crippen LogP) is 1.43. The number of nitrogens with zero attached hydrogens (tertiary/aromatic N) is 3. The van der Waals surface area contributed by atoms with Crippen LogP contribution in [-0.4, -0.2) is 33.6 Å². The summed E-state index contributed by atoms with van der Waals surface area (Å²) in [4.78, 5) is 26.2. The number of amides is 1. The van der Waals surface area contributed by atoms with Crippen LogP contribution in [0.1, 0.15) is 13.8 Å². The van der Waals surface area contributed by atoms with Crippen molar-refractivity contribution in [3.05, 3.63) is 28.1 Å². The lowest BCUT2D eigenvalue weighted by Crippen LogP contribution is -2.35. The van der Waals surface area contributed by atoms with Crippen molar-refractivity contribution >= 4 is 17.2 Å². The van der Waals surface area contributed by atoms with Crippen LogP contribution in [0.2, 0.25) is 0 Å². The van der Waals surface area contributed by atoms with Gasteiger partial charge < -0.3 is 4.90 Å². The average Bonchev–Trinajstić information content (AvgIpc) is 3.02. The van der Waals surface area contributed by atoms with Crippen molar-refractivity contribution in [3.63, 3.8) is 0 Å². The van der Waals surface area contributed by atoms with Gasteiger partial charge in [0.1, 0.15) is 6.54 Å². The second kappa shape index (κ2) is 5.83. The number of carbonyl (C=O) groups is 1. The number of aromatic nitrogens is 2. The highest BCUT2D eigenvalue weighted by molar-refractivity contribution is 7.13. The molecular formula is C12H15N3O3S. The van der Waals surface area contributed by atoms with Crippen molar-refractivity contribution in [1.82, 2.24) is 14.6 Å². The van der Waals surface area contributed by atoms with Gasteiger partial charge in [0, 0.05) is 13.1 Å². The number of rotatable bonds is 5. The van der Waals surface area contributed by atoms with Crippen LogP contribution in [0.4, 0.5) is 0 Å². The van der Waals surface area contributed by atoms with E-state index in [1.807, 2.05) is 31.4 Å². The fourth-order valence-corrected chi connectivity index (χ4v) is 2.52. The summed E-state index contributed by atoms with van der Waals surface area (Å²) in [6.07, 6.45) is 0. The molecule has 0 aliphatic carbocycles. The summed E-state index contributed by atoms with van der Waals surface area (Å²) >= 11 is 1.44. The molecule has 102 valence electrons. The van der Waals surface area contributed by atoms with E-state index in [9.17, 15) is 9.59 Å². The molecule has 0 unspecified atom stereocenters. The first-order valence-corrected chi connectivity index (χ1v) is 6.93. The maximum atomic E-state index is 12.0. The van der Waals surface area contributed by atoms with E-state index in [0.29, 0.717) is 18.9 Å². The molecule has 2 aromatic heterocycles. The topological polar surface area (TPSA) is 68.3 Å². The molecule has 6 nitrogen and oxygen atoms in total. The first-order valence-electron chi connectivity index (χ1n) is 6.05. The maximum Gasteiger partial charge on any atom is 0.442 e. The van der Waals surface area contributed by atoms with E-state index in [4.69, 9.17) is 0 Å². The second-order valence-electron chi connectivity index (χ2n) is 3.90. The Labute approximate surface area is 114 Å². The number of hydrogen-bond donors (Lipinski definition) is 0. The zero-order valence-electron chi connectivity index (χ0n) is 10.8. The minimum Gasteiger partial charge on any atom is -0.342 e. The Morgan fingerprint density at radius 1 is 1.47 bits per heavy atom. The number of carbonyl (C=O) groups excluding carboxylic acids is 1. The monoisotopic (exact) mass is 281 g/mol. The van der Waals surface area contributed by atoms with E-state index in [1.165, 1.54) is 15.9 Å². The maximum absolute atomic E-state index is 12.0. The van der Waals surface area contributed by atoms with Gasteiger partial charge in [0.2, 0.25) is 5.91 Å². The molecule has 0 aromatic carbocycles. The van der Waals surface area contributed by atoms with Gasteiger partial charge in [-0.05, 0) is 25.3 Å². The van der Waals surface area contributed by atoms with Gasteiger partial charge in [0.15, 0.2) is 5.82 Å². The molecule has 0 saturated carbocycles. The molecule has 0 spiro atoms. The van der Waals surface area contributed by atoms with E-state index in [2.05, 4.69) is 9.68 Å². The zero-order valence-corrected chi connectivity index (χ0v) is 11.6. The van der Waals surface area contributed by atoms with Gasteiger partial charge in [-0.3, -0.25) is 9.32 Å². The van der Waals surface area contributed by atoms with Crippen LogP contribution >= 0.6 is 11.3 Å². The van der Waals surface area contributed by atoms with Crippen molar-refractivity contribution < 1.29 is 9.32 Å². The van der Waals surface area contributed by atoms with Gasteiger partial charge in [0.25, 0.3) is 0 Å². The van der Waals surface area contributed by atoms with Crippen molar-refractivity contribution in [2.24, 2.45) is 0 Å². The van der Waals surface area contributed by atoms with E-state index in [0.717, 1.165) is 4.88 Å². The molecule has 0 atom stereocenters. The highest BCUT2D eigenvalue weighted by atomic mass is 32.1. The third-order valence-corrected chi connectivity index (χ3v) is 3.70. The van der Waals surface area contributed by atoms with Crippen LogP contribution in [0.3, 0.4) is 0 Å². The molecular weight excluding hydrogens is 266 g/mol. The molecule has 0 saturated heterocycles. The zero-order chi connectivity index (χ0) is 13.8. The fourth-order valence-electron chi connectivity index (χ4n) is 1.80. The summed E-state index contributed by atoms with van der Waals surface area (Å²) in [7, 11) is 0. The van der Waals surface area contributed by atoms with Gasteiger partial charge in [-0.15, -0.1) is 11.3 Å². The molecule has 0 bridgehead atoms. The highest BCUT2D eigenvalue weighted by Crippen LogP contribution is 2.21. The third-order valence-electron chi connectivity index (χ3n) is 2.84. The molecule has 19 heavy (non-hydrogen) atoms. The molecule has 0 N–H and O–H groups in total. The molecule has 7 heteroatoms. The highest BCUT2D eigenvalue weighted by Gasteiger charge is 2.18. The molecule has 2 rings (SSSR count). The summed E-state index contributed by atoms with van der Waals surface area (Å²) in [5.41, 5.74) is 0. The van der Waals surface area contributed by atoms with Crippen molar-refractivity contribution in [3.8, 4) is 10.7 Å². The number of likely N-dealkylation sites (N-methyl/N-ethyl adjacent to an activating group) is 1. The van der Waals surface area contributed by atoms with Crippen LogP contribution in [0, 0.1) is 0 Å². The summed E-state index contributed by atoms with van der Waals surface area (Å²) in [6.45, 7) is 4.99. The average molecular weight is 281 g/mol. The Balaban J connectivity index is 2.28. The second-order valence-corrected chi connectivity index (χ2v) is 4.85. The van der Waals surface area contributed by atoms with Crippen LogP contribution in [0.25, 0.3) is 10.7 Å². The van der Waals surface area contributed by atoms with E-state index in [-0.39, 0.29) is 12.5 Å². The Bertz CT molecular complexity index is 596. The van der Waals surface area contributed by atoms with Crippen LogP contribution in [0.5, 0.6) is 0 Å². The van der Waals surface area contributed by atoms with Gasteiger partial charge >= 0.3 is 5.76 Å². The summed E-state index contributed by atoms with van der Waals surface area (Å²) < 4.78 is 5.93. The quantitative estimate of drug-likeness (QED) is 0.831. The smallest absolute Gasteiger partial charge is 0.342 e. The summed E-state index contributed by atoms with van der Waals surface area (Å²) in [6, 6.07) is 3.69. The first kappa shape index (κ1) is 13.5. The standard InChI is InChI=1S/C12H15N3O3S/c1-3-14(4-2)10(16)8-15-11(13-18-12(15)17)9-6-5-7-19-9/h5-7H,3-4,8H2,1-2H3. The molecule has 0 radical (unpaired) electrons. The largest absolute Gasteiger partial charge is 0.442 e. The van der Waals surface area contributed by atoms with Crippen molar-refractivity contribution in [2.75, 3.05) is 13.1 Å². The van der Waals surface area contributed by atoms with Crippen molar-refractivity contribution in [2.45, 2.75) is 20.4 Å². The lowest BCUT2D eigenvalue weighted by atomic mass is 10.4. The van der Waals surface area contributed by atoms with Gasteiger partial charge in [-0.1, -0.05) is 11.2 Å². The lowest BCUT2D eigenvalue weighted by Gasteiger charge is -2.18. The third kappa shape index (κ3) is 2.76. The SMILES string of the molecule is CCN(CC)C(=O)Cn1c(-c2cccs2)noc1=O. The number of thiophene rings is 1. The summed E-state index contributed by atoms with van der Waals surface area (Å²) in [5.74, 6) is -0.322. The Morgan fingerprint density at radius 2 is 2.21 bits per heavy atom. The fraction of sp³-hybridized carbons (Fsp3) is 0.417. The van der Waals surface area contributed by atoms with Gasteiger partial charge in [0.05, 0.1) is 4.88 Å². The van der Waals surface area contributed by atoms with E-state index in [1.54, 1.807) is 4.90 Å². The molecule has 1 amide bonds. The van der Waals surface area contributed by atoms with Crippen LogP contribution in [-0.2, 0) is 11.3 Å². The van der Waals surface area contributed by atoms with Crippen molar-refractivity contribution in [1.29, 1.82) is 0 Å². The molecule has 2 heterocycles. The minimum atomic E-state index is -0.607.